The lowest BCUT2D eigenvalue weighted by Crippen LogP contribution is -2.44. The van der Waals surface area contributed by atoms with Crippen molar-refractivity contribution < 1.29 is 17.9 Å². The van der Waals surface area contributed by atoms with Crippen LogP contribution in [0.25, 0.3) is 6.08 Å². The number of benzene rings is 2. The van der Waals surface area contributed by atoms with Crippen LogP contribution in [-0.4, -0.2) is 45.0 Å². The van der Waals surface area contributed by atoms with E-state index in [4.69, 9.17) is 4.74 Å². The Kier molecular flexibility index (Phi) is 5.93. The molecule has 1 atom stereocenters. The Balaban J connectivity index is 1.64. The number of nitrogens with one attached hydrogen (secondary N) is 1. The molecule has 1 fully saturated rings. The van der Waals surface area contributed by atoms with Crippen LogP contribution in [0.1, 0.15) is 22.8 Å². The molecule has 0 spiro atoms. The quantitative estimate of drug-likeness (QED) is 0.857. The van der Waals surface area contributed by atoms with Crippen molar-refractivity contribution >= 4 is 27.7 Å². The van der Waals surface area contributed by atoms with Crippen LogP contribution < -0.4 is 4.72 Å². The number of nitrogens with zero attached hydrogens (tertiary/aromatic N) is 1. The predicted molar refractivity (Wildman–Crippen MR) is 106 cm³/mol. The second-order valence-electron chi connectivity index (χ2n) is 6.37. The lowest BCUT2D eigenvalue weighted by molar-refractivity contribution is -0.0124. The molecular formula is C20H22N2O4S. The van der Waals surface area contributed by atoms with Crippen molar-refractivity contribution in [3.8, 4) is 0 Å². The van der Waals surface area contributed by atoms with Crippen molar-refractivity contribution in [3.05, 3.63) is 71.1 Å². The van der Waals surface area contributed by atoms with E-state index in [0.29, 0.717) is 30.9 Å². The molecular weight excluding hydrogens is 364 g/mol. The first-order chi connectivity index (χ1) is 12.9. The number of sulfonamides is 1. The summed E-state index contributed by atoms with van der Waals surface area (Å²) in [5, 5.41) is 1.12. The van der Waals surface area contributed by atoms with Gasteiger partial charge in [-0.25, -0.2) is 8.42 Å². The van der Waals surface area contributed by atoms with Crippen molar-refractivity contribution in [2.45, 2.75) is 13.0 Å². The van der Waals surface area contributed by atoms with Crippen LogP contribution in [0, 0.1) is 0 Å². The maximum atomic E-state index is 12.5. The zero-order valence-electron chi connectivity index (χ0n) is 15.0. The molecule has 0 saturated carbocycles. The molecule has 0 aliphatic carbocycles. The molecule has 1 aliphatic heterocycles. The number of anilines is 1. The van der Waals surface area contributed by atoms with Crippen molar-refractivity contribution in [3.63, 3.8) is 0 Å². The number of hydrogen-bond acceptors (Lipinski definition) is 4. The van der Waals surface area contributed by atoms with Gasteiger partial charge in [-0.05, 0) is 42.8 Å². The van der Waals surface area contributed by atoms with Crippen molar-refractivity contribution in [1.82, 2.24) is 4.90 Å². The summed E-state index contributed by atoms with van der Waals surface area (Å²) in [6.07, 6.45) is 1.55. The number of rotatable bonds is 5. The molecule has 1 N–H and O–H groups in total. The molecule has 0 radical (unpaired) electrons. The van der Waals surface area contributed by atoms with Gasteiger partial charge in [-0.3, -0.25) is 9.52 Å². The van der Waals surface area contributed by atoms with Crippen molar-refractivity contribution in [2.24, 2.45) is 0 Å². The lowest BCUT2D eigenvalue weighted by Gasteiger charge is -2.31. The van der Waals surface area contributed by atoms with E-state index in [-0.39, 0.29) is 12.0 Å². The highest BCUT2D eigenvalue weighted by Gasteiger charge is 2.22. The first-order valence-electron chi connectivity index (χ1n) is 8.70. The number of carbonyl (C=O) groups is 1. The molecule has 142 valence electrons. The second kappa shape index (κ2) is 8.37. The fraction of sp³-hybridized carbons (Fsp3) is 0.250. The zero-order chi connectivity index (χ0) is 19.3. The van der Waals surface area contributed by atoms with Crippen LogP contribution in [0.4, 0.5) is 5.69 Å². The summed E-state index contributed by atoms with van der Waals surface area (Å²) in [6, 6.07) is 15.6. The first kappa shape index (κ1) is 19.1. The zero-order valence-corrected chi connectivity index (χ0v) is 15.9. The van der Waals surface area contributed by atoms with E-state index in [1.54, 1.807) is 29.2 Å². The van der Waals surface area contributed by atoms with Gasteiger partial charge in [-0.1, -0.05) is 30.3 Å². The Labute approximate surface area is 159 Å². The first-order valence-corrected chi connectivity index (χ1v) is 10.2. The fourth-order valence-corrected chi connectivity index (χ4v) is 3.67. The number of ether oxygens (including phenoxy) is 1. The summed E-state index contributed by atoms with van der Waals surface area (Å²) in [5.74, 6) is -0.0801. The van der Waals surface area contributed by atoms with Crippen LogP contribution >= 0.6 is 0 Å². The average molecular weight is 386 g/mol. The molecule has 2 aromatic rings. The third-order valence-electron chi connectivity index (χ3n) is 4.16. The van der Waals surface area contributed by atoms with E-state index >= 15 is 0 Å². The summed E-state index contributed by atoms with van der Waals surface area (Å²) < 4.78 is 32.3. The summed E-state index contributed by atoms with van der Waals surface area (Å²) in [6.45, 7) is 3.57. The van der Waals surface area contributed by atoms with Crippen LogP contribution in [0.2, 0.25) is 0 Å². The molecule has 1 aliphatic rings. The Hall–Kier alpha value is -2.64. The van der Waals surface area contributed by atoms with E-state index in [1.807, 2.05) is 37.3 Å². The molecule has 1 saturated heterocycles. The summed E-state index contributed by atoms with van der Waals surface area (Å²) >= 11 is 0. The van der Waals surface area contributed by atoms with Gasteiger partial charge in [0.05, 0.1) is 18.1 Å². The minimum atomic E-state index is -3.64. The molecule has 0 aromatic heterocycles. The van der Waals surface area contributed by atoms with Gasteiger partial charge in [-0.15, -0.1) is 0 Å². The van der Waals surface area contributed by atoms with E-state index in [0.717, 1.165) is 11.0 Å². The SMILES string of the molecule is CC1CN(C(=O)c2ccc(NS(=O)(=O)/C=C/c3ccccc3)cc2)CCO1. The summed E-state index contributed by atoms with van der Waals surface area (Å²) in [4.78, 5) is 14.3. The largest absolute Gasteiger partial charge is 0.375 e. The predicted octanol–water partition coefficient (Wildman–Crippen LogP) is 2.96. The third kappa shape index (κ3) is 5.42. The van der Waals surface area contributed by atoms with Crippen LogP contribution in [-0.2, 0) is 14.8 Å². The average Bonchev–Trinajstić information content (AvgIpc) is 2.67. The Morgan fingerprint density at radius 3 is 2.52 bits per heavy atom. The van der Waals surface area contributed by atoms with Crippen LogP contribution in [0.15, 0.2) is 60.0 Å². The maximum absolute atomic E-state index is 12.5. The topological polar surface area (TPSA) is 75.7 Å². The van der Waals surface area contributed by atoms with Crippen LogP contribution in [0.5, 0.6) is 0 Å². The van der Waals surface area contributed by atoms with Gasteiger partial charge in [0, 0.05) is 24.3 Å². The van der Waals surface area contributed by atoms with E-state index in [1.165, 1.54) is 6.08 Å². The Morgan fingerprint density at radius 1 is 1.15 bits per heavy atom. The summed E-state index contributed by atoms with van der Waals surface area (Å²) in [7, 11) is -3.64. The number of hydrogen-bond donors (Lipinski definition) is 1. The van der Waals surface area contributed by atoms with Gasteiger partial charge < -0.3 is 9.64 Å². The minimum Gasteiger partial charge on any atom is -0.375 e. The molecule has 6 nitrogen and oxygen atoms in total. The second-order valence-corrected chi connectivity index (χ2v) is 7.94. The molecule has 2 aromatic carbocycles. The van der Waals surface area contributed by atoms with Gasteiger partial charge in [0.25, 0.3) is 15.9 Å². The number of carbonyl (C=O) groups excluding carboxylic acids is 1. The van der Waals surface area contributed by atoms with Crippen molar-refractivity contribution in [2.75, 3.05) is 24.4 Å². The molecule has 0 bridgehead atoms. The maximum Gasteiger partial charge on any atom is 0.255 e. The molecule has 27 heavy (non-hydrogen) atoms. The standard InChI is InChI=1S/C20H22N2O4S/c1-16-15-22(12-13-26-16)20(23)18-7-9-19(10-8-18)21-27(24,25)14-11-17-5-3-2-4-6-17/h2-11,14,16,21H,12-13,15H2,1H3/b14-11+. The van der Waals surface area contributed by atoms with Gasteiger partial charge in [0.1, 0.15) is 0 Å². The molecule has 3 rings (SSSR count). The van der Waals surface area contributed by atoms with Gasteiger partial charge >= 0.3 is 0 Å². The smallest absolute Gasteiger partial charge is 0.255 e. The van der Waals surface area contributed by atoms with Gasteiger partial charge in [-0.2, -0.15) is 0 Å². The normalized spacial score (nSPS) is 17.8. The molecule has 7 heteroatoms. The van der Waals surface area contributed by atoms with E-state index < -0.39 is 10.0 Å². The van der Waals surface area contributed by atoms with Crippen LogP contribution in [0.3, 0.4) is 0 Å². The Morgan fingerprint density at radius 2 is 1.85 bits per heavy atom. The van der Waals surface area contributed by atoms with Crippen molar-refractivity contribution in [1.29, 1.82) is 0 Å². The number of morpholine rings is 1. The van der Waals surface area contributed by atoms with Gasteiger partial charge in [0.2, 0.25) is 0 Å². The highest BCUT2D eigenvalue weighted by Crippen LogP contribution is 2.16. The van der Waals surface area contributed by atoms with E-state index in [9.17, 15) is 13.2 Å². The highest BCUT2D eigenvalue weighted by molar-refractivity contribution is 7.95. The molecule has 1 amide bonds. The van der Waals surface area contributed by atoms with Gasteiger partial charge in [0.15, 0.2) is 0 Å². The van der Waals surface area contributed by atoms with E-state index in [2.05, 4.69) is 4.72 Å². The summed E-state index contributed by atoms with van der Waals surface area (Å²) in [5.41, 5.74) is 1.72. The lowest BCUT2D eigenvalue weighted by atomic mass is 10.1. The third-order valence-corrected chi connectivity index (χ3v) is 5.17. The number of amides is 1. The fourth-order valence-electron chi connectivity index (χ4n) is 2.80. The highest BCUT2D eigenvalue weighted by atomic mass is 32.2. The molecule has 1 heterocycles. The monoisotopic (exact) mass is 386 g/mol. The Bertz CT molecular complexity index is 909. The minimum absolute atomic E-state index is 0.0187. The molecule has 1 unspecified atom stereocenters.